The van der Waals surface area contributed by atoms with E-state index in [1.807, 2.05) is 17.5 Å². The number of nitrogens with zero attached hydrogens (tertiary/aromatic N) is 2. The lowest BCUT2D eigenvalue weighted by molar-refractivity contribution is 0.0946. The van der Waals surface area contributed by atoms with Gasteiger partial charge < -0.3 is 25.0 Å². The summed E-state index contributed by atoms with van der Waals surface area (Å²) in [4.78, 5) is 29.3. The second kappa shape index (κ2) is 10.1. The molecule has 3 amide bonds. The van der Waals surface area contributed by atoms with E-state index in [2.05, 4.69) is 15.5 Å². The largest absolute Gasteiger partial charge is 0.497 e. The minimum atomic E-state index is -0.154. The lowest BCUT2D eigenvalue weighted by atomic mass is 10.2. The number of benzene rings is 1. The monoisotopic (exact) mass is 418 g/mol. The molecule has 1 aliphatic heterocycles. The van der Waals surface area contributed by atoms with Gasteiger partial charge in [0, 0.05) is 45.3 Å². The van der Waals surface area contributed by atoms with Crippen molar-refractivity contribution in [3.05, 3.63) is 40.6 Å². The molecule has 0 atom stereocenters. The molecule has 29 heavy (non-hydrogen) atoms. The van der Waals surface area contributed by atoms with Crippen LogP contribution in [-0.4, -0.2) is 75.2 Å². The van der Waals surface area contributed by atoms with Gasteiger partial charge in [-0.25, -0.2) is 4.79 Å². The molecule has 0 aliphatic carbocycles. The highest BCUT2D eigenvalue weighted by Crippen LogP contribution is 2.29. The van der Waals surface area contributed by atoms with Crippen LogP contribution in [0.1, 0.15) is 9.67 Å². The summed E-state index contributed by atoms with van der Waals surface area (Å²) in [5.74, 6) is 1.18. The molecular weight excluding hydrogens is 392 g/mol. The molecule has 1 aromatic carbocycles. The van der Waals surface area contributed by atoms with Crippen LogP contribution in [0.3, 0.4) is 0 Å². The summed E-state index contributed by atoms with van der Waals surface area (Å²) in [5.41, 5.74) is 0.608. The zero-order valence-electron chi connectivity index (χ0n) is 16.6. The highest BCUT2D eigenvalue weighted by Gasteiger charge is 2.22. The van der Waals surface area contributed by atoms with Crippen molar-refractivity contribution in [3.8, 4) is 11.5 Å². The summed E-state index contributed by atoms with van der Waals surface area (Å²) in [6.45, 7) is 4.14. The average molecular weight is 419 g/mol. The van der Waals surface area contributed by atoms with Gasteiger partial charge in [0.1, 0.15) is 11.5 Å². The summed E-state index contributed by atoms with van der Waals surface area (Å²) in [6.07, 6.45) is 0. The Morgan fingerprint density at radius 2 is 1.90 bits per heavy atom. The van der Waals surface area contributed by atoms with E-state index in [-0.39, 0.29) is 11.9 Å². The van der Waals surface area contributed by atoms with Crippen molar-refractivity contribution in [2.75, 3.05) is 58.8 Å². The van der Waals surface area contributed by atoms with Crippen molar-refractivity contribution in [1.29, 1.82) is 0 Å². The molecular formula is C20H26N4O4S. The van der Waals surface area contributed by atoms with Gasteiger partial charge in [-0.1, -0.05) is 6.07 Å². The zero-order chi connectivity index (χ0) is 20.6. The standard InChI is InChI=1S/C20H26N4O4S/c1-27-15-5-6-16(17(14-15)28-2)22-20(26)24-11-9-23(10-12-24)8-7-21-19(25)18-4-3-13-29-18/h3-6,13-14H,7-12H2,1-2H3,(H,21,25)(H,22,26). The fraction of sp³-hybridized carbons (Fsp3) is 0.400. The Balaban J connectivity index is 1.42. The molecule has 0 bridgehead atoms. The first-order valence-electron chi connectivity index (χ1n) is 9.42. The average Bonchev–Trinajstić information content (AvgIpc) is 3.29. The fourth-order valence-electron chi connectivity index (χ4n) is 3.09. The SMILES string of the molecule is COc1ccc(NC(=O)N2CCN(CCNC(=O)c3cccs3)CC2)c(OC)c1. The van der Waals surface area contributed by atoms with Crippen LogP contribution in [-0.2, 0) is 0 Å². The Morgan fingerprint density at radius 1 is 1.10 bits per heavy atom. The normalized spacial score (nSPS) is 14.3. The van der Waals surface area contributed by atoms with Crippen LogP contribution in [0.25, 0.3) is 0 Å². The number of methoxy groups -OCH3 is 2. The van der Waals surface area contributed by atoms with E-state index in [0.29, 0.717) is 36.8 Å². The van der Waals surface area contributed by atoms with Crippen molar-refractivity contribution < 1.29 is 19.1 Å². The molecule has 1 fully saturated rings. The molecule has 156 valence electrons. The molecule has 8 nitrogen and oxygen atoms in total. The third-order valence-corrected chi connectivity index (χ3v) is 5.64. The summed E-state index contributed by atoms with van der Waals surface area (Å²) in [6, 6.07) is 8.81. The van der Waals surface area contributed by atoms with E-state index in [1.54, 1.807) is 37.3 Å². The Labute approximate surface area is 174 Å². The molecule has 9 heteroatoms. The second-order valence-electron chi connectivity index (χ2n) is 6.56. The number of urea groups is 1. The first-order chi connectivity index (χ1) is 14.1. The van der Waals surface area contributed by atoms with Gasteiger partial charge in [0.05, 0.1) is 24.8 Å². The molecule has 0 unspecified atom stereocenters. The predicted octanol–water partition coefficient (Wildman–Crippen LogP) is 2.34. The number of carbonyl (C=O) groups is 2. The Kier molecular flexibility index (Phi) is 7.31. The molecule has 1 saturated heterocycles. The van der Waals surface area contributed by atoms with E-state index in [0.717, 1.165) is 24.5 Å². The highest BCUT2D eigenvalue weighted by atomic mass is 32.1. The van der Waals surface area contributed by atoms with Gasteiger partial charge in [0.2, 0.25) is 0 Å². The van der Waals surface area contributed by atoms with Crippen LogP contribution >= 0.6 is 11.3 Å². The molecule has 2 heterocycles. The molecule has 0 saturated carbocycles. The molecule has 0 radical (unpaired) electrons. The molecule has 0 spiro atoms. The van der Waals surface area contributed by atoms with E-state index in [4.69, 9.17) is 9.47 Å². The van der Waals surface area contributed by atoms with Gasteiger partial charge in [-0.15, -0.1) is 11.3 Å². The van der Waals surface area contributed by atoms with Gasteiger partial charge in [0.15, 0.2) is 0 Å². The molecule has 2 aromatic rings. The quantitative estimate of drug-likeness (QED) is 0.721. The minimum Gasteiger partial charge on any atom is -0.497 e. The van der Waals surface area contributed by atoms with Crippen LogP contribution in [0, 0.1) is 0 Å². The maximum Gasteiger partial charge on any atom is 0.322 e. The number of thiophene rings is 1. The summed E-state index contributed by atoms with van der Waals surface area (Å²) in [5, 5.41) is 7.73. The molecule has 1 aliphatic rings. The molecule has 3 rings (SSSR count). The van der Waals surface area contributed by atoms with Crippen molar-refractivity contribution in [1.82, 2.24) is 15.1 Å². The third kappa shape index (κ3) is 5.61. The number of nitrogens with one attached hydrogen (secondary N) is 2. The van der Waals surface area contributed by atoms with Gasteiger partial charge >= 0.3 is 6.03 Å². The van der Waals surface area contributed by atoms with Crippen LogP contribution < -0.4 is 20.1 Å². The first kappa shape index (κ1) is 20.9. The summed E-state index contributed by atoms with van der Waals surface area (Å²) in [7, 11) is 3.14. The number of hydrogen-bond donors (Lipinski definition) is 2. The van der Waals surface area contributed by atoms with Gasteiger partial charge in [-0.05, 0) is 23.6 Å². The van der Waals surface area contributed by atoms with Crippen LogP contribution in [0.2, 0.25) is 0 Å². The number of anilines is 1. The van der Waals surface area contributed by atoms with Crippen molar-refractivity contribution in [3.63, 3.8) is 0 Å². The summed E-state index contributed by atoms with van der Waals surface area (Å²) < 4.78 is 10.5. The van der Waals surface area contributed by atoms with Crippen LogP contribution in [0.5, 0.6) is 11.5 Å². The predicted molar refractivity (Wildman–Crippen MR) is 113 cm³/mol. The maximum absolute atomic E-state index is 12.6. The number of carbonyl (C=O) groups excluding carboxylic acids is 2. The highest BCUT2D eigenvalue weighted by molar-refractivity contribution is 7.12. The van der Waals surface area contributed by atoms with Crippen molar-refractivity contribution >= 4 is 29.0 Å². The van der Waals surface area contributed by atoms with Crippen molar-refractivity contribution in [2.45, 2.75) is 0 Å². The minimum absolute atomic E-state index is 0.0357. The Hall–Kier alpha value is -2.78. The van der Waals surface area contributed by atoms with E-state index in [1.165, 1.54) is 11.3 Å². The van der Waals surface area contributed by atoms with Crippen LogP contribution in [0.15, 0.2) is 35.7 Å². The number of ether oxygens (including phenoxy) is 2. The topological polar surface area (TPSA) is 83.1 Å². The van der Waals surface area contributed by atoms with Crippen molar-refractivity contribution in [2.24, 2.45) is 0 Å². The maximum atomic E-state index is 12.6. The number of piperazine rings is 1. The molecule has 2 N–H and O–H groups in total. The number of rotatable bonds is 7. The van der Waals surface area contributed by atoms with Gasteiger partial charge in [-0.2, -0.15) is 0 Å². The van der Waals surface area contributed by atoms with Crippen LogP contribution in [0.4, 0.5) is 10.5 Å². The number of hydrogen-bond acceptors (Lipinski definition) is 6. The Bertz CT molecular complexity index is 820. The Morgan fingerprint density at radius 3 is 2.55 bits per heavy atom. The second-order valence-corrected chi connectivity index (χ2v) is 7.51. The lowest BCUT2D eigenvalue weighted by Crippen LogP contribution is -2.51. The molecule has 1 aromatic heterocycles. The fourth-order valence-corrected chi connectivity index (χ4v) is 3.73. The summed E-state index contributed by atoms with van der Waals surface area (Å²) >= 11 is 1.43. The van der Waals surface area contributed by atoms with Gasteiger partial charge in [-0.3, -0.25) is 9.69 Å². The zero-order valence-corrected chi connectivity index (χ0v) is 17.5. The third-order valence-electron chi connectivity index (χ3n) is 4.77. The first-order valence-corrected chi connectivity index (χ1v) is 10.3. The van der Waals surface area contributed by atoms with E-state index >= 15 is 0 Å². The number of amides is 3. The smallest absolute Gasteiger partial charge is 0.322 e. The lowest BCUT2D eigenvalue weighted by Gasteiger charge is -2.34. The van der Waals surface area contributed by atoms with Gasteiger partial charge in [0.25, 0.3) is 5.91 Å². The van der Waals surface area contributed by atoms with E-state index in [9.17, 15) is 9.59 Å². The van der Waals surface area contributed by atoms with E-state index < -0.39 is 0 Å².